The van der Waals surface area contributed by atoms with Gasteiger partial charge in [-0.15, -0.1) is 11.3 Å². The Labute approximate surface area is 182 Å². The Kier molecular flexibility index (Phi) is 4.83. The molecule has 1 aliphatic rings. The molecule has 0 aliphatic carbocycles. The minimum absolute atomic E-state index is 0.0393. The summed E-state index contributed by atoms with van der Waals surface area (Å²) in [7, 11) is 0. The van der Waals surface area contributed by atoms with Crippen molar-refractivity contribution in [3.05, 3.63) is 70.9 Å². The molecule has 8 heteroatoms. The number of oxazole rings is 1. The van der Waals surface area contributed by atoms with Crippen LogP contribution in [0.1, 0.15) is 28.2 Å². The van der Waals surface area contributed by atoms with Gasteiger partial charge in [-0.1, -0.05) is 24.3 Å². The molecule has 0 spiro atoms. The molecule has 154 valence electrons. The first-order valence-electron chi connectivity index (χ1n) is 9.80. The van der Waals surface area contributed by atoms with Gasteiger partial charge in [0.2, 0.25) is 11.8 Å². The molecular formula is C23H18N4O3S. The number of fused-ring (bicyclic) bond motifs is 1. The number of thiazole rings is 1. The average Bonchev–Trinajstić information content (AvgIpc) is 3.40. The molecule has 0 saturated heterocycles. The summed E-state index contributed by atoms with van der Waals surface area (Å²) in [6.45, 7) is 1.72. The topological polar surface area (TPSA) is 97.1 Å². The van der Waals surface area contributed by atoms with Crippen LogP contribution in [0.3, 0.4) is 0 Å². The fraction of sp³-hybridized carbons (Fsp3) is 0.130. The highest BCUT2D eigenvalue weighted by Gasteiger charge is 2.20. The zero-order valence-electron chi connectivity index (χ0n) is 16.6. The fourth-order valence-electron chi connectivity index (χ4n) is 3.47. The number of benzene rings is 2. The van der Waals surface area contributed by atoms with Gasteiger partial charge in [0.15, 0.2) is 10.8 Å². The second kappa shape index (κ2) is 7.81. The third-order valence-electron chi connectivity index (χ3n) is 5.05. The van der Waals surface area contributed by atoms with Gasteiger partial charge in [0, 0.05) is 28.6 Å². The minimum Gasteiger partial charge on any atom is -0.441 e. The lowest BCUT2D eigenvalue weighted by atomic mass is 9.99. The van der Waals surface area contributed by atoms with Gasteiger partial charge >= 0.3 is 0 Å². The summed E-state index contributed by atoms with van der Waals surface area (Å²) in [5.74, 6) is 0.532. The number of nitrogens with one attached hydrogen (secondary N) is 2. The van der Waals surface area contributed by atoms with E-state index in [9.17, 15) is 9.59 Å². The molecule has 5 rings (SSSR count). The summed E-state index contributed by atoms with van der Waals surface area (Å²) in [6, 6.07) is 15.3. The van der Waals surface area contributed by atoms with Crippen LogP contribution in [-0.4, -0.2) is 21.8 Å². The molecule has 0 saturated carbocycles. The number of aromatic nitrogens is 2. The zero-order chi connectivity index (χ0) is 21.4. The summed E-state index contributed by atoms with van der Waals surface area (Å²) >= 11 is 1.34. The molecule has 0 bridgehead atoms. The molecule has 1 aliphatic heterocycles. The first-order valence-corrected chi connectivity index (χ1v) is 10.7. The number of carbonyl (C=O) groups is 2. The largest absolute Gasteiger partial charge is 0.441 e. The van der Waals surface area contributed by atoms with Crippen LogP contribution < -0.4 is 10.6 Å². The molecule has 2 N–H and O–H groups in total. The van der Waals surface area contributed by atoms with E-state index in [-0.39, 0.29) is 17.5 Å². The van der Waals surface area contributed by atoms with Gasteiger partial charge in [0.05, 0.1) is 5.69 Å². The van der Waals surface area contributed by atoms with E-state index in [0.717, 1.165) is 28.1 Å². The Morgan fingerprint density at radius 1 is 1.10 bits per heavy atom. The number of anilines is 2. The van der Waals surface area contributed by atoms with Gasteiger partial charge in [-0.25, -0.2) is 9.97 Å². The number of nitrogens with zero attached hydrogens (tertiary/aromatic N) is 2. The maximum absolute atomic E-state index is 12.7. The van der Waals surface area contributed by atoms with Crippen molar-refractivity contribution < 1.29 is 14.0 Å². The normalized spacial score (nSPS) is 12.9. The van der Waals surface area contributed by atoms with E-state index in [1.54, 1.807) is 6.92 Å². The van der Waals surface area contributed by atoms with Crippen molar-refractivity contribution in [2.75, 3.05) is 10.6 Å². The van der Waals surface area contributed by atoms with E-state index in [4.69, 9.17) is 4.42 Å². The SMILES string of the molecule is Cc1oc(-c2ccccc2)nc1C(=O)Nc1nc(-c2ccc3c(c2)CCC(=O)N3)cs1. The van der Waals surface area contributed by atoms with Gasteiger partial charge in [-0.3, -0.25) is 14.9 Å². The summed E-state index contributed by atoms with van der Waals surface area (Å²) in [4.78, 5) is 33.2. The van der Waals surface area contributed by atoms with Crippen molar-refractivity contribution in [1.29, 1.82) is 0 Å². The second-order valence-electron chi connectivity index (χ2n) is 7.20. The number of hydrogen-bond acceptors (Lipinski definition) is 6. The summed E-state index contributed by atoms with van der Waals surface area (Å²) < 4.78 is 5.68. The highest BCUT2D eigenvalue weighted by Crippen LogP contribution is 2.31. The molecule has 0 atom stereocenters. The third kappa shape index (κ3) is 3.85. The van der Waals surface area contributed by atoms with E-state index in [1.165, 1.54) is 11.3 Å². The predicted molar refractivity (Wildman–Crippen MR) is 119 cm³/mol. The van der Waals surface area contributed by atoms with Gasteiger partial charge in [0.25, 0.3) is 5.91 Å². The minimum atomic E-state index is -0.363. The Balaban J connectivity index is 1.34. The van der Waals surface area contributed by atoms with E-state index in [0.29, 0.717) is 29.6 Å². The lowest BCUT2D eigenvalue weighted by molar-refractivity contribution is -0.116. The van der Waals surface area contributed by atoms with E-state index < -0.39 is 0 Å². The second-order valence-corrected chi connectivity index (χ2v) is 8.06. The Bertz CT molecular complexity index is 1290. The van der Waals surface area contributed by atoms with E-state index in [1.807, 2.05) is 53.9 Å². The van der Waals surface area contributed by atoms with Crippen LogP contribution in [0.15, 0.2) is 58.3 Å². The number of rotatable bonds is 4. The highest BCUT2D eigenvalue weighted by atomic mass is 32.1. The van der Waals surface area contributed by atoms with Crippen molar-refractivity contribution in [3.63, 3.8) is 0 Å². The van der Waals surface area contributed by atoms with Gasteiger partial charge in [-0.2, -0.15) is 0 Å². The van der Waals surface area contributed by atoms with Crippen LogP contribution in [0.4, 0.5) is 10.8 Å². The summed E-state index contributed by atoms with van der Waals surface area (Å²) in [5.41, 5.74) is 4.68. The van der Waals surface area contributed by atoms with Crippen LogP contribution in [0.2, 0.25) is 0 Å². The number of amides is 2. The standard InChI is InChI=1S/C23H18N4O3S/c1-13-20(26-22(30-13)14-5-3-2-4-6-14)21(29)27-23-25-18(12-31-23)16-7-9-17-15(11-16)8-10-19(28)24-17/h2-7,9,11-12H,8,10H2,1H3,(H,24,28)(H,25,27,29). The van der Waals surface area contributed by atoms with Crippen LogP contribution in [0.25, 0.3) is 22.7 Å². The van der Waals surface area contributed by atoms with Gasteiger partial charge < -0.3 is 9.73 Å². The highest BCUT2D eigenvalue weighted by molar-refractivity contribution is 7.14. The predicted octanol–water partition coefficient (Wildman–Crippen LogP) is 4.91. The molecular weight excluding hydrogens is 412 g/mol. The van der Waals surface area contributed by atoms with Crippen molar-refractivity contribution in [2.24, 2.45) is 0 Å². The molecule has 3 heterocycles. The fourth-order valence-corrected chi connectivity index (χ4v) is 4.19. The summed E-state index contributed by atoms with van der Waals surface area (Å²) in [5, 5.41) is 8.06. The Morgan fingerprint density at radius 3 is 2.77 bits per heavy atom. The van der Waals surface area contributed by atoms with Crippen LogP contribution >= 0.6 is 11.3 Å². The average molecular weight is 430 g/mol. The molecule has 0 radical (unpaired) electrons. The molecule has 4 aromatic rings. The van der Waals surface area contributed by atoms with Gasteiger partial charge in [-0.05, 0) is 43.2 Å². The van der Waals surface area contributed by atoms with E-state index >= 15 is 0 Å². The molecule has 0 fully saturated rings. The Hall–Kier alpha value is -3.78. The zero-order valence-corrected chi connectivity index (χ0v) is 17.5. The molecule has 31 heavy (non-hydrogen) atoms. The third-order valence-corrected chi connectivity index (χ3v) is 5.81. The van der Waals surface area contributed by atoms with Crippen molar-refractivity contribution in [2.45, 2.75) is 19.8 Å². The van der Waals surface area contributed by atoms with Crippen molar-refractivity contribution in [3.8, 4) is 22.7 Å². The van der Waals surface area contributed by atoms with Gasteiger partial charge in [0.1, 0.15) is 5.76 Å². The molecule has 7 nitrogen and oxygen atoms in total. The first-order chi connectivity index (χ1) is 15.1. The first kappa shape index (κ1) is 19.2. The molecule has 2 aromatic heterocycles. The number of aryl methyl sites for hydroxylation is 2. The van der Waals surface area contributed by atoms with Crippen molar-refractivity contribution >= 4 is 34.0 Å². The van der Waals surface area contributed by atoms with Crippen LogP contribution in [-0.2, 0) is 11.2 Å². The maximum atomic E-state index is 12.7. The smallest absolute Gasteiger partial charge is 0.279 e. The van der Waals surface area contributed by atoms with Crippen LogP contribution in [0, 0.1) is 6.92 Å². The molecule has 0 unspecified atom stereocenters. The maximum Gasteiger partial charge on any atom is 0.279 e. The van der Waals surface area contributed by atoms with E-state index in [2.05, 4.69) is 20.6 Å². The summed E-state index contributed by atoms with van der Waals surface area (Å²) in [6.07, 6.45) is 1.19. The molecule has 2 amide bonds. The van der Waals surface area contributed by atoms with Crippen LogP contribution in [0.5, 0.6) is 0 Å². The quantitative estimate of drug-likeness (QED) is 0.479. The number of carbonyl (C=O) groups excluding carboxylic acids is 2. The lowest BCUT2D eigenvalue weighted by Gasteiger charge is -2.17. The Morgan fingerprint density at radius 2 is 1.94 bits per heavy atom. The van der Waals surface area contributed by atoms with Crippen molar-refractivity contribution in [1.82, 2.24) is 9.97 Å². The number of hydrogen-bond donors (Lipinski definition) is 2. The lowest BCUT2D eigenvalue weighted by Crippen LogP contribution is -2.18. The monoisotopic (exact) mass is 430 g/mol. The molecule has 2 aromatic carbocycles.